The van der Waals surface area contributed by atoms with Crippen molar-refractivity contribution in [3.05, 3.63) is 48.3 Å². The maximum Gasteiger partial charge on any atom is 0.146 e. The summed E-state index contributed by atoms with van der Waals surface area (Å²) in [5.74, 6) is 0.275. The molecule has 4 heteroatoms. The topological polar surface area (TPSA) is 38.1 Å². The van der Waals surface area contributed by atoms with Gasteiger partial charge in [0, 0.05) is 12.7 Å². The van der Waals surface area contributed by atoms with Gasteiger partial charge in [-0.1, -0.05) is 24.6 Å². The number of piperidine rings is 1. The van der Waals surface area contributed by atoms with E-state index < -0.39 is 0 Å². The molecule has 0 N–H and O–H groups in total. The highest BCUT2D eigenvalue weighted by molar-refractivity contribution is 5.81. The van der Waals surface area contributed by atoms with Crippen molar-refractivity contribution in [2.24, 2.45) is 0 Å². The molecule has 0 radical (unpaired) electrons. The summed E-state index contributed by atoms with van der Waals surface area (Å²) in [5, 5.41) is 4.63. The molecule has 0 saturated carbocycles. The zero-order valence-electron chi connectivity index (χ0n) is 12.4. The minimum Gasteiger partial charge on any atom is -0.298 e. The summed E-state index contributed by atoms with van der Waals surface area (Å²) in [4.78, 5) is 14.0. The normalized spacial score (nSPS) is 19.6. The number of Topliss-reactive ketones (excluding diaryl/α,β-unsaturated/α-hetero) is 1. The lowest BCUT2D eigenvalue weighted by molar-refractivity contribution is -0.123. The molecule has 4 nitrogen and oxygen atoms in total. The number of carbonyl (C=O) groups is 1. The smallest absolute Gasteiger partial charge is 0.146 e. The van der Waals surface area contributed by atoms with E-state index in [1.54, 1.807) is 6.92 Å². The minimum absolute atomic E-state index is 0.0700. The van der Waals surface area contributed by atoms with Crippen molar-refractivity contribution in [2.75, 3.05) is 6.54 Å². The number of benzene rings is 1. The Labute approximate surface area is 125 Å². The van der Waals surface area contributed by atoms with Gasteiger partial charge < -0.3 is 0 Å². The van der Waals surface area contributed by atoms with Gasteiger partial charge in [0.2, 0.25) is 0 Å². The molecule has 110 valence electrons. The van der Waals surface area contributed by atoms with Gasteiger partial charge in [0.25, 0.3) is 0 Å². The molecule has 1 aromatic heterocycles. The van der Waals surface area contributed by atoms with E-state index in [1.807, 2.05) is 47.3 Å². The molecule has 1 aromatic carbocycles. The number of ketones is 1. The molecule has 1 aliphatic heterocycles. The van der Waals surface area contributed by atoms with Crippen LogP contribution >= 0.6 is 0 Å². The van der Waals surface area contributed by atoms with Crippen molar-refractivity contribution in [3.8, 4) is 5.69 Å². The number of likely N-dealkylation sites (tertiary alicyclic amines) is 1. The second kappa shape index (κ2) is 6.22. The predicted molar refractivity (Wildman–Crippen MR) is 82.3 cm³/mol. The minimum atomic E-state index is 0.0700. The largest absolute Gasteiger partial charge is 0.298 e. The van der Waals surface area contributed by atoms with Gasteiger partial charge in [0.15, 0.2) is 0 Å². The Morgan fingerprint density at radius 1 is 1.24 bits per heavy atom. The van der Waals surface area contributed by atoms with Crippen molar-refractivity contribution in [1.82, 2.24) is 14.7 Å². The highest BCUT2D eigenvalue weighted by Crippen LogP contribution is 2.20. The highest BCUT2D eigenvalue weighted by Gasteiger charge is 2.26. The molecular formula is C17H21N3O. The Morgan fingerprint density at radius 3 is 2.81 bits per heavy atom. The van der Waals surface area contributed by atoms with Crippen LogP contribution in [-0.4, -0.2) is 33.1 Å². The summed E-state index contributed by atoms with van der Waals surface area (Å²) in [5.41, 5.74) is 2.08. The van der Waals surface area contributed by atoms with Gasteiger partial charge in [-0.05, 0) is 44.5 Å². The van der Waals surface area contributed by atoms with E-state index in [1.165, 1.54) is 6.42 Å². The standard InChI is InChI=1S/C17H21N3O/c1-14(21)17-9-5-6-11-19(17)13-15-10-12-20(18-15)16-7-3-2-4-8-16/h2-4,7-8,10,12,17H,5-6,9,11,13H2,1H3. The van der Waals surface area contributed by atoms with E-state index in [4.69, 9.17) is 0 Å². The molecule has 2 aromatic rings. The van der Waals surface area contributed by atoms with Gasteiger partial charge in [-0.2, -0.15) is 5.10 Å². The molecule has 1 unspecified atom stereocenters. The van der Waals surface area contributed by atoms with Crippen molar-refractivity contribution in [3.63, 3.8) is 0 Å². The first-order chi connectivity index (χ1) is 10.2. The second-order valence-corrected chi connectivity index (χ2v) is 5.68. The van der Waals surface area contributed by atoms with Gasteiger partial charge in [-0.25, -0.2) is 4.68 Å². The van der Waals surface area contributed by atoms with Crippen LogP contribution in [0.4, 0.5) is 0 Å². The summed E-state index contributed by atoms with van der Waals surface area (Å²) >= 11 is 0. The SMILES string of the molecule is CC(=O)C1CCCCN1Cc1ccn(-c2ccccc2)n1. The molecule has 0 aliphatic carbocycles. The summed E-state index contributed by atoms with van der Waals surface area (Å²) < 4.78 is 1.89. The first-order valence-electron chi connectivity index (χ1n) is 7.58. The van der Waals surface area contributed by atoms with Gasteiger partial charge >= 0.3 is 0 Å². The lowest BCUT2D eigenvalue weighted by Crippen LogP contribution is -2.43. The molecule has 3 rings (SSSR count). The van der Waals surface area contributed by atoms with E-state index in [-0.39, 0.29) is 11.8 Å². The van der Waals surface area contributed by atoms with Crippen molar-refractivity contribution < 1.29 is 4.79 Å². The van der Waals surface area contributed by atoms with Crippen LogP contribution in [0.5, 0.6) is 0 Å². The maximum absolute atomic E-state index is 11.8. The van der Waals surface area contributed by atoms with E-state index in [0.717, 1.165) is 37.3 Å². The zero-order chi connectivity index (χ0) is 14.7. The highest BCUT2D eigenvalue weighted by atomic mass is 16.1. The molecule has 0 spiro atoms. The third-order valence-electron chi connectivity index (χ3n) is 4.11. The number of carbonyl (C=O) groups excluding carboxylic acids is 1. The van der Waals surface area contributed by atoms with Crippen LogP contribution in [0.2, 0.25) is 0 Å². The van der Waals surface area contributed by atoms with E-state index >= 15 is 0 Å². The Balaban J connectivity index is 1.73. The quantitative estimate of drug-likeness (QED) is 0.866. The molecule has 1 fully saturated rings. The number of aromatic nitrogens is 2. The van der Waals surface area contributed by atoms with Crippen molar-refractivity contribution >= 4 is 5.78 Å². The Kier molecular flexibility index (Phi) is 4.15. The fourth-order valence-electron chi connectivity index (χ4n) is 3.02. The molecule has 1 aliphatic rings. The van der Waals surface area contributed by atoms with Crippen LogP contribution in [0, 0.1) is 0 Å². The summed E-state index contributed by atoms with van der Waals surface area (Å²) in [6.45, 7) is 3.44. The van der Waals surface area contributed by atoms with E-state index in [0.29, 0.717) is 0 Å². The number of rotatable bonds is 4. The average molecular weight is 283 g/mol. The summed E-state index contributed by atoms with van der Waals surface area (Å²) in [7, 11) is 0. The van der Waals surface area contributed by atoms with Crippen LogP contribution in [0.15, 0.2) is 42.6 Å². The third-order valence-corrected chi connectivity index (χ3v) is 4.11. The molecular weight excluding hydrogens is 262 g/mol. The number of para-hydroxylation sites is 1. The van der Waals surface area contributed by atoms with Gasteiger partial charge in [-0.3, -0.25) is 9.69 Å². The van der Waals surface area contributed by atoms with E-state index in [9.17, 15) is 4.79 Å². The fraction of sp³-hybridized carbons (Fsp3) is 0.412. The number of hydrogen-bond donors (Lipinski definition) is 0. The predicted octanol–water partition coefficient (Wildman–Crippen LogP) is 2.82. The van der Waals surface area contributed by atoms with Crippen LogP contribution in [0.3, 0.4) is 0 Å². The van der Waals surface area contributed by atoms with Crippen LogP contribution in [-0.2, 0) is 11.3 Å². The van der Waals surface area contributed by atoms with Crippen LogP contribution in [0.1, 0.15) is 31.9 Å². The average Bonchev–Trinajstić information content (AvgIpc) is 2.97. The second-order valence-electron chi connectivity index (χ2n) is 5.68. The summed E-state index contributed by atoms with van der Waals surface area (Å²) in [6, 6.07) is 12.2. The molecule has 1 saturated heterocycles. The first-order valence-corrected chi connectivity index (χ1v) is 7.58. The number of hydrogen-bond acceptors (Lipinski definition) is 3. The van der Waals surface area contributed by atoms with Gasteiger partial charge in [0.1, 0.15) is 5.78 Å². The van der Waals surface area contributed by atoms with E-state index in [2.05, 4.69) is 10.00 Å². The maximum atomic E-state index is 11.8. The fourth-order valence-corrected chi connectivity index (χ4v) is 3.02. The molecule has 1 atom stereocenters. The van der Waals surface area contributed by atoms with Gasteiger partial charge in [0.05, 0.1) is 17.4 Å². The Bertz CT molecular complexity index is 606. The summed E-state index contributed by atoms with van der Waals surface area (Å²) in [6.07, 6.45) is 5.29. The van der Waals surface area contributed by atoms with Crippen molar-refractivity contribution in [1.29, 1.82) is 0 Å². The Hall–Kier alpha value is -1.94. The van der Waals surface area contributed by atoms with Gasteiger partial charge in [-0.15, -0.1) is 0 Å². The molecule has 0 bridgehead atoms. The molecule has 21 heavy (non-hydrogen) atoms. The lowest BCUT2D eigenvalue weighted by Gasteiger charge is -2.33. The van der Waals surface area contributed by atoms with Crippen LogP contribution < -0.4 is 0 Å². The van der Waals surface area contributed by atoms with Crippen LogP contribution in [0.25, 0.3) is 5.69 Å². The Morgan fingerprint density at radius 2 is 2.05 bits per heavy atom. The zero-order valence-corrected chi connectivity index (χ0v) is 12.4. The first kappa shape index (κ1) is 14.0. The number of nitrogens with zero attached hydrogens (tertiary/aromatic N) is 3. The lowest BCUT2D eigenvalue weighted by atomic mass is 9.99. The third kappa shape index (κ3) is 3.22. The van der Waals surface area contributed by atoms with Crippen molar-refractivity contribution in [2.45, 2.75) is 38.8 Å². The monoisotopic (exact) mass is 283 g/mol. The molecule has 0 amide bonds. The molecule has 2 heterocycles.